The molecule has 23 heavy (non-hydrogen) atoms. The number of aryl methyl sites for hydroxylation is 1. The van der Waals surface area contributed by atoms with E-state index in [0.717, 1.165) is 24.5 Å². The van der Waals surface area contributed by atoms with Crippen molar-refractivity contribution in [2.45, 2.75) is 25.8 Å². The largest absolute Gasteiger partial charge is 0.497 e. The fourth-order valence-corrected chi connectivity index (χ4v) is 2.09. The lowest BCUT2D eigenvalue weighted by atomic mass is 10.3. The number of imidazole rings is 1. The first-order valence-electron chi connectivity index (χ1n) is 7.77. The number of methoxy groups -OCH3 is 1. The Kier molecular flexibility index (Phi) is 6.97. The van der Waals surface area contributed by atoms with Crippen LogP contribution in [0.15, 0.2) is 43.0 Å². The van der Waals surface area contributed by atoms with Crippen molar-refractivity contribution < 1.29 is 14.3 Å². The molecular formula is C17H23N3O3. The molecule has 1 aromatic carbocycles. The van der Waals surface area contributed by atoms with Gasteiger partial charge in [-0.25, -0.2) is 4.98 Å². The van der Waals surface area contributed by atoms with Gasteiger partial charge in [0.2, 0.25) is 5.91 Å². The van der Waals surface area contributed by atoms with Gasteiger partial charge in [0.05, 0.1) is 20.0 Å². The Labute approximate surface area is 136 Å². The average Bonchev–Trinajstić information content (AvgIpc) is 3.09. The normalized spacial score (nSPS) is 10.3. The second-order valence-corrected chi connectivity index (χ2v) is 5.13. The third kappa shape index (κ3) is 6.42. The van der Waals surface area contributed by atoms with Crippen LogP contribution in [0.3, 0.4) is 0 Å². The van der Waals surface area contributed by atoms with E-state index in [9.17, 15) is 4.79 Å². The third-order valence-electron chi connectivity index (χ3n) is 3.35. The van der Waals surface area contributed by atoms with Crippen molar-refractivity contribution in [2.75, 3.05) is 20.3 Å². The topological polar surface area (TPSA) is 65.4 Å². The van der Waals surface area contributed by atoms with Crippen LogP contribution in [0.1, 0.15) is 19.3 Å². The molecule has 0 aliphatic rings. The third-order valence-corrected chi connectivity index (χ3v) is 3.35. The van der Waals surface area contributed by atoms with E-state index < -0.39 is 0 Å². The summed E-state index contributed by atoms with van der Waals surface area (Å²) in [7, 11) is 1.63. The molecule has 124 valence electrons. The summed E-state index contributed by atoms with van der Waals surface area (Å²) < 4.78 is 12.7. The summed E-state index contributed by atoms with van der Waals surface area (Å²) >= 11 is 0. The summed E-state index contributed by atoms with van der Waals surface area (Å²) in [6, 6.07) is 7.41. The van der Waals surface area contributed by atoms with Crippen LogP contribution in [-0.4, -0.2) is 35.7 Å². The molecule has 0 saturated heterocycles. The Morgan fingerprint density at radius 1 is 1.22 bits per heavy atom. The minimum absolute atomic E-state index is 0.0639. The lowest BCUT2D eigenvalue weighted by Gasteiger charge is -2.08. The first-order chi connectivity index (χ1) is 11.3. The van der Waals surface area contributed by atoms with Crippen molar-refractivity contribution >= 4 is 5.91 Å². The fraction of sp³-hybridized carbons (Fsp3) is 0.412. The van der Waals surface area contributed by atoms with E-state index in [1.807, 2.05) is 35.0 Å². The lowest BCUT2D eigenvalue weighted by molar-refractivity contribution is -0.121. The summed E-state index contributed by atoms with van der Waals surface area (Å²) in [5, 5.41) is 2.91. The van der Waals surface area contributed by atoms with E-state index in [1.54, 1.807) is 19.6 Å². The van der Waals surface area contributed by atoms with E-state index in [0.29, 0.717) is 26.0 Å². The van der Waals surface area contributed by atoms with Crippen molar-refractivity contribution in [3.8, 4) is 11.5 Å². The maximum atomic E-state index is 11.7. The van der Waals surface area contributed by atoms with Crippen LogP contribution in [0.5, 0.6) is 11.5 Å². The van der Waals surface area contributed by atoms with Gasteiger partial charge in [0.15, 0.2) is 0 Å². The van der Waals surface area contributed by atoms with Crippen LogP contribution in [0, 0.1) is 0 Å². The monoisotopic (exact) mass is 317 g/mol. The van der Waals surface area contributed by atoms with Gasteiger partial charge in [0, 0.05) is 31.9 Å². The summed E-state index contributed by atoms with van der Waals surface area (Å²) in [4.78, 5) is 15.7. The number of rotatable bonds is 10. The van der Waals surface area contributed by atoms with Gasteiger partial charge in [-0.1, -0.05) is 0 Å². The molecule has 6 heteroatoms. The molecule has 0 spiro atoms. The van der Waals surface area contributed by atoms with Gasteiger partial charge >= 0.3 is 0 Å². The van der Waals surface area contributed by atoms with Gasteiger partial charge in [-0.2, -0.15) is 0 Å². The number of ether oxygens (including phenoxy) is 2. The SMILES string of the molecule is COc1ccc(OCCCC(=O)NCCCn2ccnc2)cc1. The Morgan fingerprint density at radius 2 is 2.00 bits per heavy atom. The van der Waals surface area contributed by atoms with Crippen LogP contribution in [0.2, 0.25) is 0 Å². The molecular weight excluding hydrogens is 294 g/mol. The molecule has 1 N–H and O–H groups in total. The van der Waals surface area contributed by atoms with Crippen molar-refractivity contribution in [1.29, 1.82) is 0 Å². The maximum Gasteiger partial charge on any atom is 0.220 e. The molecule has 2 aromatic rings. The highest BCUT2D eigenvalue weighted by Crippen LogP contribution is 2.17. The molecule has 2 rings (SSSR count). The molecule has 0 aliphatic carbocycles. The number of hydrogen-bond acceptors (Lipinski definition) is 4. The highest BCUT2D eigenvalue weighted by molar-refractivity contribution is 5.75. The molecule has 0 bridgehead atoms. The second kappa shape index (κ2) is 9.50. The van der Waals surface area contributed by atoms with E-state index in [4.69, 9.17) is 9.47 Å². The first kappa shape index (κ1) is 16.9. The van der Waals surface area contributed by atoms with Crippen LogP contribution in [-0.2, 0) is 11.3 Å². The smallest absolute Gasteiger partial charge is 0.220 e. The Balaban J connectivity index is 1.50. The van der Waals surface area contributed by atoms with Gasteiger partial charge in [-0.05, 0) is 37.1 Å². The van der Waals surface area contributed by atoms with Crippen LogP contribution >= 0.6 is 0 Å². The van der Waals surface area contributed by atoms with Crippen molar-refractivity contribution in [3.05, 3.63) is 43.0 Å². The minimum Gasteiger partial charge on any atom is -0.497 e. The average molecular weight is 317 g/mol. The van der Waals surface area contributed by atoms with Crippen molar-refractivity contribution in [2.24, 2.45) is 0 Å². The van der Waals surface area contributed by atoms with Gasteiger partial charge in [0.1, 0.15) is 11.5 Å². The molecule has 0 radical (unpaired) electrons. The van der Waals surface area contributed by atoms with E-state index >= 15 is 0 Å². The molecule has 0 fully saturated rings. The summed E-state index contributed by atoms with van der Waals surface area (Å²) in [6.07, 6.45) is 7.50. The number of aromatic nitrogens is 2. The van der Waals surface area contributed by atoms with Gasteiger partial charge in [-0.15, -0.1) is 0 Å². The summed E-state index contributed by atoms with van der Waals surface area (Å²) in [5.41, 5.74) is 0. The zero-order chi connectivity index (χ0) is 16.3. The highest BCUT2D eigenvalue weighted by atomic mass is 16.5. The first-order valence-corrected chi connectivity index (χ1v) is 7.77. The minimum atomic E-state index is 0.0639. The van der Waals surface area contributed by atoms with Crippen molar-refractivity contribution in [1.82, 2.24) is 14.9 Å². The number of carbonyl (C=O) groups excluding carboxylic acids is 1. The van der Waals surface area contributed by atoms with Gasteiger partial charge in [-0.3, -0.25) is 4.79 Å². The molecule has 0 saturated carbocycles. The molecule has 1 heterocycles. The predicted molar refractivity (Wildman–Crippen MR) is 87.6 cm³/mol. The highest BCUT2D eigenvalue weighted by Gasteiger charge is 2.01. The van der Waals surface area contributed by atoms with E-state index in [1.165, 1.54) is 0 Å². The zero-order valence-electron chi connectivity index (χ0n) is 13.4. The van der Waals surface area contributed by atoms with Crippen LogP contribution in [0.25, 0.3) is 0 Å². The zero-order valence-corrected chi connectivity index (χ0v) is 13.4. The van der Waals surface area contributed by atoms with E-state index in [-0.39, 0.29) is 5.91 Å². The Morgan fingerprint density at radius 3 is 2.70 bits per heavy atom. The quantitative estimate of drug-likeness (QED) is 0.683. The number of carbonyl (C=O) groups is 1. The van der Waals surface area contributed by atoms with Crippen LogP contribution in [0.4, 0.5) is 0 Å². The Hall–Kier alpha value is -2.50. The Bertz CT molecular complexity index is 567. The van der Waals surface area contributed by atoms with E-state index in [2.05, 4.69) is 10.3 Å². The lowest BCUT2D eigenvalue weighted by Crippen LogP contribution is -2.25. The predicted octanol–water partition coefficient (Wildman–Crippen LogP) is 2.26. The maximum absolute atomic E-state index is 11.7. The summed E-state index contributed by atoms with van der Waals surface area (Å²) in [6.45, 7) is 2.06. The molecule has 0 aliphatic heterocycles. The standard InChI is InChI=1S/C17H23N3O3/c1-22-15-5-7-16(8-6-15)23-13-2-4-17(21)19-9-3-11-20-12-10-18-14-20/h5-8,10,12,14H,2-4,9,11,13H2,1H3,(H,19,21). The molecule has 6 nitrogen and oxygen atoms in total. The molecule has 1 amide bonds. The number of nitrogens with one attached hydrogen (secondary N) is 1. The molecule has 0 atom stereocenters. The van der Waals surface area contributed by atoms with Gasteiger partial charge < -0.3 is 19.4 Å². The molecule has 1 aromatic heterocycles. The molecule has 0 unspecified atom stereocenters. The summed E-state index contributed by atoms with van der Waals surface area (Å²) in [5.74, 6) is 1.65. The number of benzene rings is 1. The number of amides is 1. The second-order valence-electron chi connectivity index (χ2n) is 5.13. The fourth-order valence-electron chi connectivity index (χ4n) is 2.09. The number of hydrogen-bond donors (Lipinski definition) is 1. The number of nitrogens with zero attached hydrogens (tertiary/aromatic N) is 2. The van der Waals surface area contributed by atoms with Crippen molar-refractivity contribution in [3.63, 3.8) is 0 Å². The van der Waals surface area contributed by atoms with Crippen LogP contribution < -0.4 is 14.8 Å². The van der Waals surface area contributed by atoms with Gasteiger partial charge in [0.25, 0.3) is 0 Å².